The summed E-state index contributed by atoms with van der Waals surface area (Å²) >= 11 is 1.72. The van der Waals surface area contributed by atoms with Crippen LogP contribution in [0.25, 0.3) is 20.7 Å². The number of aryl methyl sites for hydroxylation is 1. The highest BCUT2D eigenvalue weighted by Gasteiger charge is 2.46. The molecule has 5 rings (SSSR count). The maximum Gasteiger partial charge on any atom is 0.138 e. The third-order valence-electron chi connectivity index (χ3n) is 5.06. The number of nitrogens with zero attached hydrogens (tertiary/aromatic N) is 2. The summed E-state index contributed by atoms with van der Waals surface area (Å²) in [6.07, 6.45) is 1.08. The average Bonchev–Trinajstić information content (AvgIpc) is 3.34. The first-order chi connectivity index (χ1) is 12.2. The normalized spacial score (nSPS) is 24.9. The van der Waals surface area contributed by atoms with E-state index in [1.54, 1.807) is 11.3 Å². The van der Waals surface area contributed by atoms with Crippen molar-refractivity contribution < 1.29 is 4.74 Å². The molecule has 0 amide bonds. The number of aromatic nitrogens is 2. The molecular weight excluding hydrogens is 332 g/mol. The molecule has 4 heterocycles. The molecule has 2 aliphatic rings. The van der Waals surface area contributed by atoms with Gasteiger partial charge in [0, 0.05) is 24.0 Å². The lowest BCUT2D eigenvalue weighted by Gasteiger charge is -2.27. The van der Waals surface area contributed by atoms with Crippen molar-refractivity contribution in [3.05, 3.63) is 42.2 Å². The summed E-state index contributed by atoms with van der Waals surface area (Å²) in [6.45, 7) is 4.45. The van der Waals surface area contributed by atoms with Crippen LogP contribution in [-0.4, -0.2) is 41.3 Å². The summed E-state index contributed by atoms with van der Waals surface area (Å²) in [6, 6.07) is 13.1. The van der Waals surface area contributed by atoms with Gasteiger partial charge in [0.2, 0.25) is 0 Å². The number of rotatable bonds is 4. The lowest BCUT2D eigenvalue weighted by molar-refractivity contribution is 0.00451. The fraction of sp³-hybridized carbons (Fsp3) is 0.368. The first-order valence-corrected chi connectivity index (χ1v) is 9.47. The van der Waals surface area contributed by atoms with Gasteiger partial charge in [0.1, 0.15) is 16.5 Å². The molecule has 2 unspecified atom stereocenters. The third-order valence-corrected chi connectivity index (χ3v) is 6.14. The molecule has 128 valence electrons. The van der Waals surface area contributed by atoms with Crippen LogP contribution in [0.5, 0.6) is 0 Å². The van der Waals surface area contributed by atoms with Crippen LogP contribution in [0, 0.1) is 6.92 Å². The molecule has 3 aromatic rings. The van der Waals surface area contributed by atoms with Gasteiger partial charge < -0.3 is 15.4 Å². The van der Waals surface area contributed by atoms with Crippen molar-refractivity contribution in [1.82, 2.24) is 15.3 Å². The second kappa shape index (κ2) is 5.76. The molecule has 2 fully saturated rings. The van der Waals surface area contributed by atoms with E-state index >= 15 is 0 Å². The van der Waals surface area contributed by atoms with Gasteiger partial charge in [-0.3, -0.25) is 0 Å². The molecule has 25 heavy (non-hydrogen) atoms. The van der Waals surface area contributed by atoms with Crippen LogP contribution in [0.15, 0.2) is 36.4 Å². The predicted molar refractivity (Wildman–Crippen MR) is 101 cm³/mol. The monoisotopic (exact) mass is 352 g/mol. The Bertz CT molecular complexity index is 916. The van der Waals surface area contributed by atoms with E-state index in [0.717, 1.165) is 48.0 Å². The Kier molecular flexibility index (Phi) is 3.51. The Morgan fingerprint density at radius 1 is 1.32 bits per heavy atom. The molecule has 0 aliphatic carbocycles. The van der Waals surface area contributed by atoms with Gasteiger partial charge in [-0.05, 0) is 25.0 Å². The van der Waals surface area contributed by atoms with Crippen LogP contribution in [0.3, 0.4) is 0 Å². The molecule has 2 aliphatic heterocycles. The first kappa shape index (κ1) is 15.3. The number of ether oxygens (including phenoxy) is 1. The van der Waals surface area contributed by atoms with Crippen molar-refractivity contribution in [2.75, 3.05) is 25.0 Å². The van der Waals surface area contributed by atoms with Crippen LogP contribution in [0.4, 0.5) is 5.82 Å². The summed E-state index contributed by atoms with van der Waals surface area (Å²) in [7, 11) is 0. The van der Waals surface area contributed by atoms with Crippen molar-refractivity contribution in [1.29, 1.82) is 0 Å². The van der Waals surface area contributed by atoms with Gasteiger partial charge >= 0.3 is 0 Å². The number of benzene rings is 1. The summed E-state index contributed by atoms with van der Waals surface area (Å²) in [5.74, 6) is 1.71. The summed E-state index contributed by atoms with van der Waals surface area (Å²) in [5.41, 5.74) is 1.13. The van der Waals surface area contributed by atoms with Gasteiger partial charge in [0.25, 0.3) is 0 Å². The molecule has 2 N–H and O–H groups in total. The second-order valence-corrected chi connectivity index (χ2v) is 7.98. The van der Waals surface area contributed by atoms with Gasteiger partial charge in [-0.1, -0.05) is 30.3 Å². The van der Waals surface area contributed by atoms with E-state index in [2.05, 4.69) is 50.9 Å². The smallest absolute Gasteiger partial charge is 0.138 e. The number of thiophene rings is 1. The van der Waals surface area contributed by atoms with E-state index in [1.807, 2.05) is 13.0 Å². The van der Waals surface area contributed by atoms with Crippen LogP contribution in [0.1, 0.15) is 12.2 Å². The fourth-order valence-corrected chi connectivity index (χ4v) is 4.85. The highest BCUT2D eigenvalue weighted by molar-refractivity contribution is 7.21. The van der Waals surface area contributed by atoms with Crippen molar-refractivity contribution in [3.63, 3.8) is 0 Å². The molecule has 1 aromatic carbocycles. The minimum Gasteiger partial charge on any atom is -0.370 e. The van der Waals surface area contributed by atoms with Crippen molar-refractivity contribution >= 4 is 27.4 Å². The molecule has 0 radical (unpaired) electrons. The largest absolute Gasteiger partial charge is 0.370 e. The van der Waals surface area contributed by atoms with Crippen molar-refractivity contribution in [2.24, 2.45) is 0 Å². The Hall–Kier alpha value is -2.02. The van der Waals surface area contributed by atoms with Crippen LogP contribution >= 0.6 is 11.3 Å². The summed E-state index contributed by atoms with van der Waals surface area (Å²) in [4.78, 5) is 11.5. The number of hydrogen-bond acceptors (Lipinski definition) is 6. The van der Waals surface area contributed by atoms with E-state index in [9.17, 15) is 0 Å². The maximum atomic E-state index is 6.01. The predicted octanol–water partition coefficient (Wildman–Crippen LogP) is 3.21. The highest BCUT2D eigenvalue weighted by atomic mass is 32.1. The molecule has 2 aromatic heterocycles. The number of nitrogens with one attached hydrogen (secondary N) is 2. The van der Waals surface area contributed by atoms with Crippen LogP contribution < -0.4 is 10.6 Å². The number of hydrogen-bond donors (Lipinski definition) is 2. The SMILES string of the molecule is Cc1nc(NCC23CNC(CO2)C3)c2cc(-c3ccccc3)sc2n1. The molecule has 6 heteroatoms. The van der Waals surface area contributed by atoms with Gasteiger partial charge in [-0.15, -0.1) is 11.3 Å². The molecular formula is C19H20N4OS. The molecule has 0 saturated carbocycles. The molecule has 2 saturated heterocycles. The fourth-order valence-electron chi connectivity index (χ4n) is 3.77. The van der Waals surface area contributed by atoms with Crippen molar-refractivity contribution in [3.8, 4) is 10.4 Å². The lowest BCUT2D eigenvalue weighted by Crippen LogP contribution is -2.44. The number of morpholine rings is 1. The lowest BCUT2D eigenvalue weighted by atomic mass is 10.0. The topological polar surface area (TPSA) is 59.1 Å². The Labute approximate surface area is 150 Å². The van der Waals surface area contributed by atoms with E-state index in [-0.39, 0.29) is 5.60 Å². The second-order valence-electron chi connectivity index (χ2n) is 6.94. The average molecular weight is 352 g/mol. The zero-order valence-electron chi connectivity index (χ0n) is 14.1. The Balaban J connectivity index is 1.48. The number of fused-ring (bicyclic) bond motifs is 3. The van der Waals surface area contributed by atoms with E-state index < -0.39 is 0 Å². The van der Waals surface area contributed by atoms with E-state index in [1.165, 1.54) is 10.4 Å². The van der Waals surface area contributed by atoms with E-state index in [0.29, 0.717) is 6.04 Å². The standard InChI is InChI=1S/C19H20N4OS/c1-12-22-17(21-11-19-8-14(9-24-19)20-10-19)15-7-16(25-18(15)23-12)13-5-3-2-4-6-13/h2-7,14,20H,8-11H2,1H3,(H,21,22,23). The molecule has 2 bridgehead atoms. The van der Waals surface area contributed by atoms with Crippen LogP contribution in [-0.2, 0) is 4.74 Å². The van der Waals surface area contributed by atoms with Gasteiger partial charge in [-0.25, -0.2) is 9.97 Å². The zero-order valence-corrected chi connectivity index (χ0v) is 14.9. The summed E-state index contributed by atoms with van der Waals surface area (Å²) in [5, 5.41) is 8.15. The highest BCUT2D eigenvalue weighted by Crippen LogP contribution is 2.36. The zero-order chi connectivity index (χ0) is 16.9. The summed E-state index contributed by atoms with van der Waals surface area (Å²) < 4.78 is 6.01. The van der Waals surface area contributed by atoms with Gasteiger partial charge in [-0.2, -0.15) is 0 Å². The molecule has 2 atom stereocenters. The first-order valence-electron chi connectivity index (χ1n) is 8.66. The van der Waals surface area contributed by atoms with Crippen LogP contribution in [0.2, 0.25) is 0 Å². The van der Waals surface area contributed by atoms with E-state index in [4.69, 9.17) is 4.74 Å². The minimum absolute atomic E-state index is 0.0892. The van der Waals surface area contributed by atoms with Gasteiger partial charge in [0.15, 0.2) is 0 Å². The number of anilines is 1. The van der Waals surface area contributed by atoms with Gasteiger partial charge in [0.05, 0.1) is 17.6 Å². The maximum absolute atomic E-state index is 6.01. The molecule has 0 spiro atoms. The third kappa shape index (κ3) is 2.70. The minimum atomic E-state index is -0.0892. The van der Waals surface area contributed by atoms with Crippen molar-refractivity contribution in [2.45, 2.75) is 25.0 Å². The molecule has 5 nitrogen and oxygen atoms in total. The Morgan fingerprint density at radius 2 is 2.20 bits per heavy atom. The Morgan fingerprint density at radius 3 is 2.92 bits per heavy atom. The quantitative estimate of drug-likeness (QED) is 0.755.